The van der Waals surface area contributed by atoms with Crippen LogP contribution in [0.2, 0.25) is 0 Å². The van der Waals surface area contributed by atoms with Crippen molar-refractivity contribution in [3.63, 3.8) is 0 Å². The molecule has 1 aliphatic carbocycles. The lowest BCUT2D eigenvalue weighted by molar-refractivity contribution is -0.121. The average molecular weight is 447 g/mol. The Morgan fingerprint density at radius 1 is 1.03 bits per heavy atom. The van der Waals surface area contributed by atoms with E-state index in [-0.39, 0.29) is 17.7 Å². The maximum Gasteiger partial charge on any atom is 0.276 e. The second-order valence-electron chi connectivity index (χ2n) is 7.78. The molecule has 0 saturated heterocycles. The molecular formula is C24H26N6O3. The Morgan fingerprint density at radius 3 is 2.76 bits per heavy atom. The molecule has 0 spiro atoms. The van der Waals surface area contributed by atoms with Crippen LogP contribution in [0, 0.1) is 5.92 Å². The van der Waals surface area contributed by atoms with Gasteiger partial charge in [-0.1, -0.05) is 59.8 Å². The number of carbonyl (C=O) groups is 2. The van der Waals surface area contributed by atoms with Crippen molar-refractivity contribution in [1.82, 2.24) is 20.8 Å². The number of hydrogen-bond acceptors (Lipinski definition) is 7. The normalized spacial score (nSPS) is 16.7. The molecule has 0 fully saturated rings. The van der Waals surface area contributed by atoms with Crippen LogP contribution in [0.3, 0.4) is 0 Å². The second-order valence-corrected chi connectivity index (χ2v) is 7.78. The van der Waals surface area contributed by atoms with E-state index in [1.54, 1.807) is 0 Å². The number of amides is 2. The molecular weight excluding hydrogens is 420 g/mol. The number of fused-ring (bicyclic) bond motifs is 1. The van der Waals surface area contributed by atoms with E-state index in [2.05, 4.69) is 31.0 Å². The molecule has 1 unspecified atom stereocenters. The van der Waals surface area contributed by atoms with Gasteiger partial charge in [0.25, 0.3) is 5.91 Å². The lowest BCUT2D eigenvalue weighted by Crippen LogP contribution is -2.26. The van der Waals surface area contributed by atoms with E-state index in [1.165, 1.54) is 0 Å². The first-order valence-corrected chi connectivity index (χ1v) is 11.1. The number of benzene rings is 1. The monoisotopic (exact) mass is 446 g/mol. The third-order valence-corrected chi connectivity index (χ3v) is 5.33. The van der Waals surface area contributed by atoms with Crippen molar-refractivity contribution < 1.29 is 14.1 Å². The average Bonchev–Trinajstić information content (AvgIpc) is 3.32. The van der Waals surface area contributed by atoms with Gasteiger partial charge in [0, 0.05) is 37.1 Å². The van der Waals surface area contributed by atoms with Crippen LogP contribution in [-0.4, -0.2) is 35.0 Å². The van der Waals surface area contributed by atoms with Gasteiger partial charge in [0.2, 0.25) is 17.6 Å². The van der Waals surface area contributed by atoms with Gasteiger partial charge in [-0.2, -0.15) is 4.98 Å². The van der Waals surface area contributed by atoms with Gasteiger partial charge in [-0.3, -0.25) is 9.59 Å². The number of allylic oxidation sites excluding steroid dienone is 3. The van der Waals surface area contributed by atoms with Gasteiger partial charge in [-0.15, -0.1) is 10.2 Å². The predicted octanol–water partition coefficient (Wildman–Crippen LogP) is 3.49. The van der Waals surface area contributed by atoms with Crippen molar-refractivity contribution in [2.45, 2.75) is 32.1 Å². The Kier molecular flexibility index (Phi) is 7.52. The molecule has 1 aromatic carbocycles. The highest BCUT2D eigenvalue weighted by Gasteiger charge is 2.26. The Bertz CT molecular complexity index is 1100. The lowest BCUT2D eigenvalue weighted by atomic mass is 9.93. The van der Waals surface area contributed by atoms with Crippen molar-refractivity contribution in [1.29, 1.82) is 0 Å². The lowest BCUT2D eigenvalue weighted by Gasteiger charge is -2.20. The molecule has 2 N–H and O–H groups in total. The third-order valence-electron chi connectivity index (χ3n) is 5.33. The Balaban J connectivity index is 1.09. The molecule has 9 heteroatoms. The van der Waals surface area contributed by atoms with Gasteiger partial charge in [0.15, 0.2) is 5.82 Å². The summed E-state index contributed by atoms with van der Waals surface area (Å²) in [6.45, 7) is 1.30. The van der Waals surface area contributed by atoms with Crippen LogP contribution in [0.15, 0.2) is 80.8 Å². The van der Waals surface area contributed by atoms with Crippen LogP contribution < -0.4 is 10.6 Å². The third kappa shape index (κ3) is 6.09. The molecule has 1 atom stereocenters. The predicted molar refractivity (Wildman–Crippen MR) is 122 cm³/mol. The molecule has 4 rings (SSSR count). The van der Waals surface area contributed by atoms with E-state index in [0.29, 0.717) is 49.9 Å². The zero-order chi connectivity index (χ0) is 22.9. The first-order chi connectivity index (χ1) is 16.2. The van der Waals surface area contributed by atoms with Gasteiger partial charge in [0.1, 0.15) is 0 Å². The maximum atomic E-state index is 12.1. The first kappa shape index (κ1) is 22.3. The zero-order valence-corrected chi connectivity index (χ0v) is 18.2. The number of aromatic nitrogens is 2. The Morgan fingerprint density at radius 2 is 1.88 bits per heavy atom. The molecule has 0 saturated carbocycles. The van der Waals surface area contributed by atoms with Crippen molar-refractivity contribution in [3.05, 3.63) is 71.9 Å². The zero-order valence-electron chi connectivity index (χ0n) is 18.2. The van der Waals surface area contributed by atoms with E-state index in [0.717, 1.165) is 24.0 Å². The quantitative estimate of drug-likeness (QED) is 0.510. The SMILES string of the molecule is O=C(CCCc1nc(-c2ccccc2)no1)NCCCCNC1=C2C=CC=CC2C(=O)N=N1. The van der Waals surface area contributed by atoms with Crippen molar-refractivity contribution in [2.75, 3.05) is 13.1 Å². The maximum absolute atomic E-state index is 12.1. The van der Waals surface area contributed by atoms with Crippen LogP contribution in [0.25, 0.3) is 11.4 Å². The summed E-state index contributed by atoms with van der Waals surface area (Å²) < 4.78 is 5.27. The van der Waals surface area contributed by atoms with E-state index in [1.807, 2.05) is 54.6 Å². The van der Waals surface area contributed by atoms with Crippen LogP contribution in [0.1, 0.15) is 31.6 Å². The highest BCUT2D eigenvalue weighted by atomic mass is 16.5. The molecule has 1 aliphatic heterocycles. The number of nitrogens with one attached hydrogen (secondary N) is 2. The number of aryl methyl sites for hydroxylation is 1. The van der Waals surface area contributed by atoms with Crippen LogP contribution in [-0.2, 0) is 16.0 Å². The van der Waals surface area contributed by atoms with Crippen molar-refractivity contribution >= 4 is 11.8 Å². The molecule has 2 aromatic rings. The van der Waals surface area contributed by atoms with Gasteiger partial charge in [-0.25, -0.2) is 0 Å². The second kappa shape index (κ2) is 11.1. The fraction of sp³-hybridized carbons (Fsp3) is 0.333. The number of rotatable bonds is 11. The highest BCUT2D eigenvalue weighted by Crippen LogP contribution is 2.27. The van der Waals surface area contributed by atoms with Crippen molar-refractivity contribution in [2.24, 2.45) is 16.1 Å². The molecule has 1 aromatic heterocycles. The van der Waals surface area contributed by atoms with E-state index in [4.69, 9.17) is 4.52 Å². The minimum atomic E-state index is -0.341. The molecule has 2 heterocycles. The van der Waals surface area contributed by atoms with Gasteiger partial charge < -0.3 is 15.2 Å². The number of hydrogen-bond donors (Lipinski definition) is 2. The summed E-state index contributed by atoms with van der Waals surface area (Å²) in [4.78, 5) is 28.2. The largest absolute Gasteiger partial charge is 0.368 e. The summed E-state index contributed by atoms with van der Waals surface area (Å²) in [5.74, 6) is 1.17. The summed E-state index contributed by atoms with van der Waals surface area (Å²) in [6, 6.07) is 9.64. The van der Waals surface area contributed by atoms with E-state index < -0.39 is 0 Å². The summed E-state index contributed by atoms with van der Waals surface area (Å²) in [5.41, 5.74) is 1.76. The highest BCUT2D eigenvalue weighted by molar-refractivity contribution is 5.86. The Hall–Kier alpha value is -3.88. The standard InChI is InChI=1S/C24H26N6O3/c31-20(13-8-14-21-27-22(30-33-21)17-9-2-1-3-10-17)25-15-6-7-16-26-23-18-11-4-5-12-19(18)24(32)29-28-23/h1-5,9-12,19,26H,6-8,13-16H2,(H,25,31). The van der Waals surface area contributed by atoms with E-state index >= 15 is 0 Å². The molecule has 170 valence electrons. The van der Waals surface area contributed by atoms with E-state index in [9.17, 15) is 9.59 Å². The number of azo groups is 1. The fourth-order valence-corrected chi connectivity index (χ4v) is 3.57. The van der Waals surface area contributed by atoms with Crippen molar-refractivity contribution in [3.8, 4) is 11.4 Å². The summed E-state index contributed by atoms with van der Waals surface area (Å²) in [5, 5.41) is 17.9. The van der Waals surface area contributed by atoms with Crippen LogP contribution >= 0.6 is 0 Å². The summed E-state index contributed by atoms with van der Waals surface area (Å²) in [7, 11) is 0. The van der Waals surface area contributed by atoms with Crippen LogP contribution in [0.5, 0.6) is 0 Å². The number of unbranched alkanes of at least 4 members (excludes halogenated alkanes) is 1. The number of nitrogens with zero attached hydrogens (tertiary/aromatic N) is 4. The molecule has 0 bridgehead atoms. The van der Waals surface area contributed by atoms with Gasteiger partial charge >= 0.3 is 0 Å². The topological polar surface area (TPSA) is 122 Å². The molecule has 0 radical (unpaired) electrons. The molecule has 2 aliphatic rings. The van der Waals surface area contributed by atoms with Gasteiger partial charge in [0.05, 0.1) is 5.92 Å². The minimum Gasteiger partial charge on any atom is -0.368 e. The Labute approximate surface area is 191 Å². The summed E-state index contributed by atoms with van der Waals surface area (Å²) >= 11 is 0. The minimum absolute atomic E-state index is 0.0113. The van der Waals surface area contributed by atoms with Crippen LogP contribution in [0.4, 0.5) is 0 Å². The first-order valence-electron chi connectivity index (χ1n) is 11.1. The molecule has 2 amide bonds. The smallest absolute Gasteiger partial charge is 0.276 e. The summed E-state index contributed by atoms with van der Waals surface area (Å²) in [6.07, 6.45) is 10.8. The molecule has 33 heavy (non-hydrogen) atoms. The number of carbonyl (C=O) groups excluding carboxylic acids is 2. The van der Waals surface area contributed by atoms with Gasteiger partial charge in [-0.05, 0) is 19.3 Å². The molecule has 9 nitrogen and oxygen atoms in total. The fourth-order valence-electron chi connectivity index (χ4n) is 3.57.